The van der Waals surface area contributed by atoms with Crippen molar-refractivity contribution in [3.05, 3.63) is 65.7 Å². The second-order valence-corrected chi connectivity index (χ2v) is 6.59. The maximum Gasteiger partial charge on any atom is 0.491 e. The van der Waals surface area contributed by atoms with Gasteiger partial charge in [-0.3, -0.25) is 4.79 Å². The summed E-state index contributed by atoms with van der Waals surface area (Å²) >= 11 is 0. The van der Waals surface area contributed by atoms with Crippen LogP contribution in [0.4, 0.5) is 13.2 Å². The molecule has 0 aliphatic heterocycles. The maximum atomic E-state index is 12.0. The van der Waals surface area contributed by atoms with Gasteiger partial charge in [0.05, 0.1) is 13.0 Å². The van der Waals surface area contributed by atoms with Crippen LogP contribution in [0.2, 0.25) is 0 Å². The fourth-order valence-electron chi connectivity index (χ4n) is 2.67. The van der Waals surface area contributed by atoms with E-state index < -0.39 is 18.1 Å². The van der Waals surface area contributed by atoms with Crippen molar-refractivity contribution >= 4 is 11.9 Å². The third-order valence-electron chi connectivity index (χ3n) is 4.16. The lowest BCUT2D eigenvalue weighted by Crippen LogP contribution is -2.29. The molecule has 0 aliphatic rings. The summed E-state index contributed by atoms with van der Waals surface area (Å²) in [5.41, 5.74) is 2.32. The van der Waals surface area contributed by atoms with Crippen molar-refractivity contribution in [3.8, 4) is 5.75 Å². The molecule has 0 fully saturated rings. The van der Waals surface area contributed by atoms with E-state index in [1.165, 1.54) is 5.56 Å². The van der Waals surface area contributed by atoms with Crippen molar-refractivity contribution in [1.29, 1.82) is 0 Å². The molecule has 0 saturated heterocycles. The predicted molar refractivity (Wildman–Crippen MR) is 105 cm³/mol. The molecule has 0 amide bonds. The van der Waals surface area contributed by atoms with Gasteiger partial charge in [-0.25, -0.2) is 4.79 Å². The third kappa shape index (κ3) is 9.09. The first-order chi connectivity index (χ1) is 14.3. The van der Waals surface area contributed by atoms with Crippen LogP contribution >= 0.6 is 0 Å². The number of carbonyl (C=O) groups is 2. The van der Waals surface area contributed by atoms with Crippen molar-refractivity contribution < 1.29 is 32.2 Å². The average molecular weight is 423 g/mol. The van der Waals surface area contributed by atoms with Crippen LogP contribution in [-0.4, -0.2) is 37.8 Å². The van der Waals surface area contributed by atoms with Crippen LogP contribution in [0.3, 0.4) is 0 Å². The van der Waals surface area contributed by atoms with E-state index in [0.717, 1.165) is 30.6 Å². The highest BCUT2D eigenvalue weighted by Crippen LogP contribution is 2.17. The molecule has 0 aliphatic carbocycles. The number of rotatable bonds is 11. The fraction of sp³-hybridized carbons (Fsp3) is 0.364. The Morgan fingerprint density at radius 2 is 1.63 bits per heavy atom. The van der Waals surface area contributed by atoms with Gasteiger partial charge in [0.25, 0.3) is 0 Å². The number of aryl methyl sites for hydroxylation is 1. The molecular formula is C22H24F3NO4. The number of ether oxygens (including phenoxy) is 2. The molecule has 30 heavy (non-hydrogen) atoms. The Morgan fingerprint density at radius 3 is 2.37 bits per heavy atom. The maximum absolute atomic E-state index is 12.0. The summed E-state index contributed by atoms with van der Waals surface area (Å²) in [6.07, 6.45) is -3.11. The number of hydrogen-bond donors (Lipinski definition) is 1. The molecule has 0 atom stereocenters. The first-order valence-electron chi connectivity index (χ1n) is 9.63. The minimum Gasteiger partial charge on any atom is -0.493 e. The molecule has 0 spiro atoms. The summed E-state index contributed by atoms with van der Waals surface area (Å²) in [4.78, 5) is 21.7. The molecule has 5 nitrogen and oxygen atoms in total. The highest BCUT2D eigenvalue weighted by atomic mass is 19.4. The topological polar surface area (TPSA) is 64.6 Å². The molecule has 1 N–H and O–H groups in total. The van der Waals surface area contributed by atoms with Crippen molar-refractivity contribution in [3.63, 3.8) is 0 Å². The number of benzene rings is 2. The summed E-state index contributed by atoms with van der Waals surface area (Å²) < 4.78 is 45.5. The van der Waals surface area contributed by atoms with Crippen molar-refractivity contribution in [2.24, 2.45) is 0 Å². The van der Waals surface area contributed by atoms with Crippen LogP contribution in [0.5, 0.6) is 5.75 Å². The van der Waals surface area contributed by atoms with Gasteiger partial charge < -0.3 is 14.8 Å². The Labute approximate surface area is 173 Å². The van der Waals surface area contributed by atoms with E-state index >= 15 is 0 Å². The first kappa shape index (κ1) is 23.4. The van der Waals surface area contributed by atoms with E-state index in [2.05, 4.69) is 22.2 Å². The molecule has 2 aromatic rings. The standard InChI is InChI=1S/C22H24F3NO4/c23-22(24,25)21(28)30-20(27)11-14-26-13-5-9-18-8-4-10-19(16-18)29-15-12-17-6-2-1-3-7-17/h1-4,6-8,10,16,26H,5,9,11-15H2. The summed E-state index contributed by atoms with van der Waals surface area (Å²) in [5, 5.41) is 2.94. The minimum atomic E-state index is -5.16. The molecule has 0 heterocycles. The van der Waals surface area contributed by atoms with Crippen molar-refractivity contribution in [2.45, 2.75) is 31.9 Å². The zero-order chi connectivity index (χ0) is 21.8. The highest BCUT2D eigenvalue weighted by molar-refractivity contribution is 5.88. The largest absolute Gasteiger partial charge is 0.493 e. The van der Waals surface area contributed by atoms with Crippen LogP contribution in [0.15, 0.2) is 54.6 Å². The van der Waals surface area contributed by atoms with Crippen LogP contribution in [-0.2, 0) is 27.2 Å². The van der Waals surface area contributed by atoms with Gasteiger partial charge in [-0.15, -0.1) is 0 Å². The van der Waals surface area contributed by atoms with Crippen LogP contribution < -0.4 is 10.1 Å². The molecule has 0 unspecified atom stereocenters. The lowest BCUT2D eigenvalue weighted by Gasteiger charge is -2.09. The molecule has 8 heteroatoms. The number of hydrogen-bond acceptors (Lipinski definition) is 5. The van der Waals surface area contributed by atoms with Gasteiger partial charge in [-0.2, -0.15) is 13.2 Å². The summed E-state index contributed by atoms with van der Waals surface area (Å²) in [6, 6.07) is 17.9. The number of alkyl halides is 3. The van der Waals surface area contributed by atoms with Crippen molar-refractivity contribution in [2.75, 3.05) is 19.7 Å². The minimum absolute atomic E-state index is 0.132. The Bertz CT molecular complexity index is 810. The monoisotopic (exact) mass is 423 g/mol. The molecule has 0 radical (unpaired) electrons. The zero-order valence-corrected chi connectivity index (χ0v) is 16.4. The summed E-state index contributed by atoms with van der Waals surface area (Å²) in [6.45, 7) is 1.29. The Hall–Kier alpha value is -2.87. The summed E-state index contributed by atoms with van der Waals surface area (Å²) in [5.74, 6) is -2.89. The molecule has 162 valence electrons. The molecule has 0 saturated carbocycles. The fourth-order valence-corrected chi connectivity index (χ4v) is 2.67. The highest BCUT2D eigenvalue weighted by Gasteiger charge is 2.42. The normalized spacial score (nSPS) is 11.2. The van der Waals surface area contributed by atoms with E-state index in [-0.39, 0.29) is 13.0 Å². The van der Waals surface area contributed by atoms with Crippen LogP contribution in [0.25, 0.3) is 0 Å². The van der Waals surface area contributed by atoms with Gasteiger partial charge in [0.2, 0.25) is 0 Å². The van der Waals surface area contributed by atoms with E-state index in [4.69, 9.17) is 4.74 Å². The Kier molecular flexibility index (Phi) is 9.34. The molecule has 2 aromatic carbocycles. The Balaban J connectivity index is 1.59. The van der Waals surface area contributed by atoms with E-state index in [1.807, 2.05) is 42.5 Å². The number of carbonyl (C=O) groups excluding carboxylic acids is 2. The quantitative estimate of drug-likeness (QED) is 0.338. The predicted octanol–water partition coefficient (Wildman–Crippen LogP) is 3.85. The smallest absolute Gasteiger partial charge is 0.491 e. The number of nitrogens with one attached hydrogen (secondary N) is 1. The molecular weight excluding hydrogens is 399 g/mol. The second kappa shape index (κ2) is 12.0. The van der Waals surface area contributed by atoms with Gasteiger partial charge in [0, 0.05) is 13.0 Å². The lowest BCUT2D eigenvalue weighted by molar-refractivity contribution is -0.201. The summed E-state index contributed by atoms with van der Waals surface area (Å²) in [7, 11) is 0. The van der Waals surface area contributed by atoms with Gasteiger partial charge in [-0.1, -0.05) is 42.5 Å². The molecule has 0 aromatic heterocycles. The zero-order valence-electron chi connectivity index (χ0n) is 16.4. The average Bonchev–Trinajstić information content (AvgIpc) is 2.71. The third-order valence-corrected chi connectivity index (χ3v) is 4.16. The van der Waals surface area contributed by atoms with Gasteiger partial charge in [-0.05, 0) is 42.6 Å². The second-order valence-electron chi connectivity index (χ2n) is 6.59. The lowest BCUT2D eigenvalue weighted by atomic mass is 10.1. The molecule has 2 rings (SSSR count). The van der Waals surface area contributed by atoms with Crippen LogP contribution in [0, 0.1) is 0 Å². The van der Waals surface area contributed by atoms with Gasteiger partial charge in [0.1, 0.15) is 5.75 Å². The number of esters is 2. The van der Waals surface area contributed by atoms with E-state index in [9.17, 15) is 22.8 Å². The first-order valence-corrected chi connectivity index (χ1v) is 9.63. The van der Waals surface area contributed by atoms with Crippen molar-refractivity contribution in [1.82, 2.24) is 5.32 Å². The van der Waals surface area contributed by atoms with E-state index in [0.29, 0.717) is 13.2 Å². The van der Waals surface area contributed by atoms with E-state index in [1.54, 1.807) is 0 Å². The Morgan fingerprint density at radius 1 is 0.900 bits per heavy atom. The van der Waals surface area contributed by atoms with Gasteiger partial charge in [0.15, 0.2) is 0 Å². The SMILES string of the molecule is O=C(CCNCCCc1cccc(OCCc2ccccc2)c1)OC(=O)C(F)(F)F. The van der Waals surface area contributed by atoms with Crippen LogP contribution in [0.1, 0.15) is 24.0 Å². The number of halogens is 3. The molecule has 0 bridgehead atoms. The van der Waals surface area contributed by atoms with Gasteiger partial charge >= 0.3 is 18.1 Å².